The number of pyridine rings is 1. The number of benzene rings is 1. The van der Waals surface area contributed by atoms with Crippen molar-refractivity contribution in [2.45, 2.75) is 19.5 Å². The molecule has 0 fully saturated rings. The second kappa shape index (κ2) is 6.13. The maximum atomic E-state index is 13.5. The van der Waals surface area contributed by atoms with E-state index < -0.39 is 12.4 Å². The maximum absolute atomic E-state index is 13.5. The Morgan fingerprint density at radius 3 is 2.55 bits per heavy atom. The van der Waals surface area contributed by atoms with Gasteiger partial charge < -0.3 is 4.74 Å². The minimum Gasteiger partial charge on any atom is -0.435 e. The fraction of sp³-hybridized carbons (Fsp3) is 0.214. The highest BCUT2D eigenvalue weighted by atomic mass is 35.5. The summed E-state index contributed by atoms with van der Waals surface area (Å²) in [6.07, 6.45) is 1.48. The molecule has 0 bridgehead atoms. The molecule has 1 atom stereocenters. The summed E-state index contributed by atoms with van der Waals surface area (Å²) in [5, 5.41) is 0.488. The van der Waals surface area contributed by atoms with Crippen molar-refractivity contribution < 1.29 is 17.9 Å². The molecule has 0 saturated carbocycles. The predicted octanol–water partition coefficient (Wildman–Crippen LogP) is 4.63. The third kappa shape index (κ3) is 3.63. The molecular formula is C14H11ClF3NO. The van der Waals surface area contributed by atoms with E-state index in [4.69, 9.17) is 11.6 Å². The minimum absolute atomic E-state index is 0.212. The van der Waals surface area contributed by atoms with Gasteiger partial charge in [-0.15, -0.1) is 0 Å². The van der Waals surface area contributed by atoms with Crippen LogP contribution in [-0.4, -0.2) is 11.6 Å². The Kier molecular flexibility index (Phi) is 4.49. The molecular weight excluding hydrogens is 291 g/mol. The van der Waals surface area contributed by atoms with Gasteiger partial charge in [-0.3, -0.25) is 4.98 Å². The lowest BCUT2D eigenvalue weighted by molar-refractivity contribution is -0.0500. The first kappa shape index (κ1) is 14.7. The molecule has 2 rings (SSSR count). The van der Waals surface area contributed by atoms with E-state index in [2.05, 4.69) is 9.72 Å². The Bertz CT molecular complexity index is 589. The molecule has 0 unspecified atom stereocenters. The molecule has 106 valence electrons. The van der Waals surface area contributed by atoms with Gasteiger partial charge in [0.2, 0.25) is 0 Å². The van der Waals surface area contributed by atoms with Gasteiger partial charge in [-0.05, 0) is 29.8 Å². The van der Waals surface area contributed by atoms with Gasteiger partial charge >= 0.3 is 6.61 Å². The lowest BCUT2D eigenvalue weighted by atomic mass is 9.97. The second-order valence-corrected chi connectivity index (χ2v) is 4.66. The van der Waals surface area contributed by atoms with E-state index in [0.29, 0.717) is 16.3 Å². The van der Waals surface area contributed by atoms with E-state index in [-0.39, 0.29) is 11.7 Å². The lowest BCUT2D eigenvalue weighted by Gasteiger charge is -2.13. The zero-order chi connectivity index (χ0) is 14.7. The van der Waals surface area contributed by atoms with Crippen LogP contribution >= 0.6 is 11.6 Å². The number of aromatic nitrogens is 1. The largest absolute Gasteiger partial charge is 0.435 e. The standard InChI is InChI=1S/C14H11ClF3NO/c1-8(13-3-2-10(15)7-19-13)9-4-11(16)6-12(5-9)20-14(17)18/h2-8,14H,1H3/t8-/m0/s1. The molecule has 6 heteroatoms. The van der Waals surface area contributed by atoms with Crippen LogP contribution in [0.5, 0.6) is 5.75 Å². The average Bonchev–Trinajstić information content (AvgIpc) is 2.37. The fourth-order valence-corrected chi connectivity index (χ4v) is 1.93. The minimum atomic E-state index is -2.99. The smallest absolute Gasteiger partial charge is 0.387 e. The second-order valence-electron chi connectivity index (χ2n) is 4.22. The fourth-order valence-electron chi connectivity index (χ4n) is 1.82. The van der Waals surface area contributed by atoms with Crippen LogP contribution in [0.25, 0.3) is 0 Å². The quantitative estimate of drug-likeness (QED) is 0.821. The third-order valence-electron chi connectivity index (χ3n) is 2.81. The van der Waals surface area contributed by atoms with E-state index in [1.165, 1.54) is 18.3 Å². The number of halogens is 4. The van der Waals surface area contributed by atoms with Gasteiger partial charge in [-0.2, -0.15) is 8.78 Å². The molecule has 2 aromatic rings. The van der Waals surface area contributed by atoms with Gasteiger partial charge in [0, 0.05) is 23.9 Å². The van der Waals surface area contributed by atoms with Crippen LogP contribution in [0.1, 0.15) is 24.1 Å². The Hall–Kier alpha value is -1.75. The third-order valence-corrected chi connectivity index (χ3v) is 3.04. The molecule has 0 N–H and O–H groups in total. The van der Waals surface area contributed by atoms with Gasteiger partial charge in [0.1, 0.15) is 11.6 Å². The summed E-state index contributed by atoms with van der Waals surface area (Å²) in [5.41, 5.74) is 1.15. The van der Waals surface area contributed by atoms with Crippen molar-refractivity contribution in [1.82, 2.24) is 4.98 Å². The molecule has 0 aliphatic rings. The van der Waals surface area contributed by atoms with Crippen molar-refractivity contribution in [3.63, 3.8) is 0 Å². The van der Waals surface area contributed by atoms with E-state index >= 15 is 0 Å². The van der Waals surface area contributed by atoms with Crippen LogP contribution in [0.4, 0.5) is 13.2 Å². The molecule has 0 aliphatic carbocycles. The van der Waals surface area contributed by atoms with Gasteiger partial charge in [0.15, 0.2) is 0 Å². The highest BCUT2D eigenvalue weighted by Crippen LogP contribution is 2.28. The Morgan fingerprint density at radius 2 is 1.95 bits per heavy atom. The van der Waals surface area contributed by atoms with Crippen molar-refractivity contribution in [3.8, 4) is 5.75 Å². The first-order chi connectivity index (χ1) is 9.45. The molecule has 0 radical (unpaired) electrons. The molecule has 1 aromatic heterocycles. The van der Waals surface area contributed by atoms with Crippen molar-refractivity contribution in [2.24, 2.45) is 0 Å². The van der Waals surface area contributed by atoms with E-state index in [1.807, 2.05) is 0 Å². The van der Waals surface area contributed by atoms with Gasteiger partial charge in [-0.25, -0.2) is 4.39 Å². The van der Waals surface area contributed by atoms with Crippen molar-refractivity contribution in [3.05, 3.63) is 58.6 Å². The van der Waals surface area contributed by atoms with E-state index in [0.717, 1.165) is 6.07 Å². The van der Waals surface area contributed by atoms with Crippen molar-refractivity contribution in [2.75, 3.05) is 0 Å². The first-order valence-electron chi connectivity index (χ1n) is 5.82. The Labute approximate surface area is 119 Å². The summed E-state index contributed by atoms with van der Waals surface area (Å²) in [4.78, 5) is 4.13. The molecule has 1 aromatic carbocycles. The number of hydrogen-bond donors (Lipinski definition) is 0. The van der Waals surface area contributed by atoms with Crippen LogP contribution in [-0.2, 0) is 0 Å². The number of alkyl halides is 2. The summed E-state index contributed by atoms with van der Waals surface area (Å²) >= 11 is 5.74. The number of ether oxygens (including phenoxy) is 1. The maximum Gasteiger partial charge on any atom is 0.387 e. The zero-order valence-electron chi connectivity index (χ0n) is 10.5. The lowest BCUT2D eigenvalue weighted by Crippen LogP contribution is -2.04. The highest BCUT2D eigenvalue weighted by Gasteiger charge is 2.14. The molecule has 2 nitrogen and oxygen atoms in total. The monoisotopic (exact) mass is 301 g/mol. The van der Waals surface area contributed by atoms with E-state index in [9.17, 15) is 13.2 Å². The van der Waals surface area contributed by atoms with Gasteiger partial charge in [-0.1, -0.05) is 18.5 Å². The van der Waals surface area contributed by atoms with Crippen molar-refractivity contribution in [1.29, 1.82) is 0 Å². The normalized spacial score (nSPS) is 12.5. The van der Waals surface area contributed by atoms with Crippen LogP contribution in [0.15, 0.2) is 36.5 Å². The van der Waals surface area contributed by atoms with Crippen LogP contribution < -0.4 is 4.74 Å². The summed E-state index contributed by atoms with van der Waals surface area (Å²) in [7, 11) is 0. The molecule has 0 saturated heterocycles. The summed E-state index contributed by atoms with van der Waals surface area (Å²) in [6.45, 7) is -1.20. The van der Waals surface area contributed by atoms with Gasteiger partial charge in [0.25, 0.3) is 0 Å². The van der Waals surface area contributed by atoms with Crippen LogP contribution in [0.2, 0.25) is 5.02 Å². The molecule has 0 aliphatic heterocycles. The summed E-state index contributed by atoms with van der Waals surface area (Å²) < 4.78 is 42.0. The SMILES string of the molecule is C[C@@H](c1cc(F)cc(OC(F)F)c1)c1ccc(Cl)cn1. The average molecular weight is 302 g/mol. The molecule has 0 spiro atoms. The van der Waals surface area contributed by atoms with Gasteiger partial charge in [0.05, 0.1) is 5.02 Å². The Morgan fingerprint density at radius 1 is 1.20 bits per heavy atom. The molecule has 20 heavy (non-hydrogen) atoms. The first-order valence-corrected chi connectivity index (χ1v) is 6.20. The number of nitrogens with zero attached hydrogens (tertiary/aromatic N) is 1. The van der Waals surface area contributed by atoms with Crippen molar-refractivity contribution >= 4 is 11.6 Å². The molecule has 0 amide bonds. The number of rotatable bonds is 4. The van der Waals surface area contributed by atoms with Crippen LogP contribution in [0.3, 0.4) is 0 Å². The summed E-state index contributed by atoms with van der Waals surface area (Å²) in [6, 6.07) is 6.91. The summed E-state index contributed by atoms with van der Waals surface area (Å²) in [5.74, 6) is -1.13. The Balaban J connectivity index is 2.31. The predicted molar refractivity (Wildman–Crippen MR) is 69.8 cm³/mol. The van der Waals surface area contributed by atoms with E-state index in [1.54, 1.807) is 19.1 Å². The zero-order valence-corrected chi connectivity index (χ0v) is 11.2. The number of hydrogen-bond acceptors (Lipinski definition) is 2. The molecule has 1 heterocycles. The van der Waals surface area contributed by atoms with Crippen LogP contribution in [0, 0.1) is 5.82 Å². The topological polar surface area (TPSA) is 22.1 Å². The highest BCUT2D eigenvalue weighted by molar-refractivity contribution is 6.30.